The molecule has 0 fully saturated rings. The van der Waals surface area contributed by atoms with Crippen molar-refractivity contribution < 1.29 is 35.2 Å². The van der Waals surface area contributed by atoms with Gasteiger partial charge in [-0.2, -0.15) is 23.2 Å². The van der Waals surface area contributed by atoms with Gasteiger partial charge in [0.25, 0.3) is 0 Å². The van der Waals surface area contributed by atoms with E-state index in [-0.39, 0.29) is 47.5 Å². The third kappa shape index (κ3) is 2.05. The summed E-state index contributed by atoms with van der Waals surface area (Å²) < 4.78 is 89.2. The van der Waals surface area contributed by atoms with E-state index in [1.165, 1.54) is 0 Å². The molecule has 0 unspecified atom stereocenters. The average molecular weight is 447 g/mol. The molecule has 0 N–H and O–H groups in total. The molecule has 99 valence electrons. The van der Waals surface area contributed by atoms with Gasteiger partial charge in [-0.3, -0.25) is 4.68 Å². The Balaban J connectivity index is 0.00000272. The minimum absolute atomic E-state index is 0. The summed E-state index contributed by atoms with van der Waals surface area (Å²) in [6, 6.07) is -2.63. The summed E-state index contributed by atoms with van der Waals surface area (Å²) in [5.41, 5.74) is -0.411. The predicted octanol–water partition coefficient (Wildman–Crippen LogP) is 3.98. The number of fused-ring (bicyclic) bond motifs is 2. The van der Waals surface area contributed by atoms with E-state index in [0.29, 0.717) is 0 Å². The Morgan fingerprint density at radius 2 is 1.70 bits per heavy atom. The van der Waals surface area contributed by atoms with E-state index >= 15 is 0 Å². The van der Waals surface area contributed by atoms with Crippen molar-refractivity contribution in [1.82, 2.24) is 9.78 Å². The van der Waals surface area contributed by atoms with E-state index in [9.17, 15) is 0 Å². The van der Waals surface area contributed by atoms with Gasteiger partial charge in [-0.25, -0.2) is 0 Å². The topological polar surface area (TPSA) is 17.8 Å². The van der Waals surface area contributed by atoms with Crippen LogP contribution in [0.4, 0.5) is 0 Å². The Morgan fingerprint density at radius 1 is 0.950 bits per heavy atom. The van der Waals surface area contributed by atoms with Gasteiger partial charge < -0.3 is 0 Å². The van der Waals surface area contributed by atoms with Crippen LogP contribution in [-0.2, 0) is 20.1 Å². The van der Waals surface area contributed by atoms with Gasteiger partial charge in [0, 0.05) is 34.4 Å². The van der Waals surface area contributed by atoms with Crippen LogP contribution in [0.2, 0.25) is 0 Å². The molecule has 1 aromatic heterocycles. The summed E-state index contributed by atoms with van der Waals surface area (Å²) in [5, 5.41) is 3.48. The van der Waals surface area contributed by atoms with Crippen LogP contribution >= 0.6 is 0 Å². The first-order valence-electron chi connectivity index (χ1n) is 10.9. The Kier molecular flexibility index (Phi) is 1.41. The zero-order valence-corrected chi connectivity index (χ0v) is 12.1. The van der Waals surface area contributed by atoms with Crippen LogP contribution in [0.25, 0.3) is 27.4 Å². The Labute approximate surface area is 145 Å². The van der Waals surface area contributed by atoms with Crippen LogP contribution in [0.1, 0.15) is 15.1 Å². The average Bonchev–Trinajstić information content (AvgIpc) is 3.06. The summed E-state index contributed by atoms with van der Waals surface area (Å²) in [5.74, 6) is 0. The van der Waals surface area contributed by atoms with E-state index in [1.54, 1.807) is 0 Å². The summed E-state index contributed by atoms with van der Waals surface area (Å²) in [6.07, 6.45) is -0.459. The minimum Gasteiger partial charge on any atom is -0.264 e. The van der Waals surface area contributed by atoms with Gasteiger partial charge >= 0.3 is 0 Å². The second-order valence-electron chi connectivity index (χ2n) is 3.72. The van der Waals surface area contributed by atoms with Crippen molar-refractivity contribution in [3.05, 3.63) is 72.7 Å². The van der Waals surface area contributed by atoms with E-state index in [1.807, 2.05) is 0 Å². The molecule has 0 amide bonds. The van der Waals surface area contributed by atoms with Crippen molar-refractivity contribution in [2.24, 2.45) is 0 Å². The fraction of sp³-hybridized carbons (Fsp3) is 0. The van der Waals surface area contributed by atoms with Gasteiger partial charge in [-0.1, -0.05) is 36.3 Å². The van der Waals surface area contributed by atoms with Gasteiger partial charge in [0.2, 0.25) is 0 Å². The molecule has 0 saturated heterocycles. The number of hydrogen-bond donors (Lipinski definition) is 0. The molecular formula is C17H11IrN2-. The quantitative estimate of drug-likeness (QED) is 0.405. The zero-order valence-electron chi connectivity index (χ0n) is 20.7. The molecule has 3 heteroatoms. The summed E-state index contributed by atoms with van der Waals surface area (Å²) in [6.45, 7) is 0. The Morgan fingerprint density at radius 3 is 2.60 bits per heavy atom. The maximum absolute atomic E-state index is 8.41. The zero-order chi connectivity index (χ0) is 22.2. The largest absolute Gasteiger partial charge is 0.264 e. The maximum Gasteiger partial charge on any atom is 0.0926 e. The molecule has 0 spiro atoms. The normalized spacial score (nSPS) is 18.3. The molecular weight excluding hydrogens is 424 g/mol. The molecule has 0 aliphatic carbocycles. The van der Waals surface area contributed by atoms with Crippen LogP contribution in [0.5, 0.6) is 0 Å². The molecule has 4 aromatic rings. The molecule has 0 atom stereocenters. The number of nitrogens with zero attached hydrogens (tertiary/aromatic N) is 2. The third-order valence-corrected chi connectivity index (χ3v) is 2.59. The molecule has 4 rings (SSSR count). The van der Waals surface area contributed by atoms with Crippen LogP contribution in [0.3, 0.4) is 0 Å². The van der Waals surface area contributed by atoms with Crippen molar-refractivity contribution in [1.29, 1.82) is 0 Å². The van der Waals surface area contributed by atoms with Gasteiger partial charge in [0.1, 0.15) is 0 Å². The van der Waals surface area contributed by atoms with Crippen LogP contribution in [0, 0.1) is 6.07 Å². The molecule has 20 heavy (non-hydrogen) atoms. The molecule has 0 saturated carbocycles. The van der Waals surface area contributed by atoms with Gasteiger partial charge in [-0.15, -0.1) is 16.8 Å². The first-order chi connectivity index (χ1) is 14.0. The molecule has 2 nitrogen and oxygen atoms in total. The van der Waals surface area contributed by atoms with Crippen molar-refractivity contribution in [3.8, 4) is 5.69 Å². The monoisotopic (exact) mass is 447 g/mol. The van der Waals surface area contributed by atoms with Crippen LogP contribution in [0.15, 0.2) is 66.6 Å². The van der Waals surface area contributed by atoms with Crippen molar-refractivity contribution >= 4 is 21.7 Å². The van der Waals surface area contributed by atoms with E-state index < -0.39 is 66.6 Å². The van der Waals surface area contributed by atoms with Crippen LogP contribution in [-0.4, -0.2) is 9.78 Å². The van der Waals surface area contributed by atoms with Crippen molar-refractivity contribution in [2.75, 3.05) is 0 Å². The number of rotatable bonds is 1. The summed E-state index contributed by atoms with van der Waals surface area (Å²) in [7, 11) is 0. The number of aromatic nitrogens is 2. The standard InChI is InChI=1S/C17H11N2.Ir/c1-3-9-15-13(6-1)8-5-11-17(15)19-12-14-7-2-4-10-16(14)18-19;/h1-10,12H;/q-1;/i1D,2D,3D,4D,5D,6D,7D,8D,9D,10D,12D;. The fourth-order valence-corrected chi connectivity index (χ4v) is 1.76. The van der Waals surface area contributed by atoms with Gasteiger partial charge in [0.15, 0.2) is 0 Å². The molecule has 3 aromatic carbocycles. The SMILES string of the molecule is [2H]c1[c-]c(-n2nc3c([2H])c([2H])c([2H])c([2H])c3c2[2H])c2c([2H])c([2H])c([2H])c([2H])c2c1[2H].[Ir]. The number of benzene rings is 3. The van der Waals surface area contributed by atoms with Crippen molar-refractivity contribution in [2.45, 2.75) is 0 Å². The summed E-state index contributed by atoms with van der Waals surface area (Å²) in [4.78, 5) is 0. The molecule has 0 bridgehead atoms. The summed E-state index contributed by atoms with van der Waals surface area (Å²) >= 11 is 0. The second kappa shape index (κ2) is 5.20. The molecule has 0 aliphatic heterocycles. The Bertz CT molecular complexity index is 1410. The molecule has 0 aliphatic rings. The Hall–Kier alpha value is -1.96. The van der Waals surface area contributed by atoms with Crippen LogP contribution < -0.4 is 0 Å². The molecule has 1 radical (unpaired) electrons. The number of hydrogen-bond acceptors (Lipinski definition) is 1. The van der Waals surface area contributed by atoms with E-state index in [2.05, 4.69) is 11.2 Å². The van der Waals surface area contributed by atoms with Gasteiger partial charge in [-0.05, 0) is 13.1 Å². The third-order valence-electron chi connectivity index (χ3n) is 2.59. The fourth-order valence-electron chi connectivity index (χ4n) is 1.76. The smallest absolute Gasteiger partial charge is 0.0926 e. The second-order valence-corrected chi connectivity index (χ2v) is 3.72. The molecule has 1 heterocycles. The predicted molar refractivity (Wildman–Crippen MR) is 77.4 cm³/mol. The minimum atomic E-state index is -0.577. The van der Waals surface area contributed by atoms with Crippen molar-refractivity contribution in [3.63, 3.8) is 0 Å². The van der Waals surface area contributed by atoms with E-state index in [0.717, 1.165) is 4.68 Å². The first-order valence-corrected chi connectivity index (χ1v) is 5.37. The van der Waals surface area contributed by atoms with E-state index in [4.69, 9.17) is 15.1 Å². The van der Waals surface area contributed by atoms with Gasteiger partial charge in [0.05, 0.1) is 16.5 Å². The maximum atomic E-state index is 8.41. The first kappa shape index (κ1) is 5.44.